The van der Waals surface area contributed by atoms with E-state index in [9.17, 15) is 8.42 Å². The molecule has 1 N–H and O–H groups in total. The van der Waals surface area contributed by atoms with E-state index in [1.165, 1.54) is 0 Å². The first-order chi connectivity index (χ1) is 13.1. The zero-order valence-electron chi connectivity index (χ0n) is 15.6. The highest BCUT2D eigenvalue weighted by Gasteiger charge is 2.33. The number of para-hydroxylation sites is 1. The Morgan fingerprint density at radius 3 is 2.63 bits per heavy atom. The van der Waals surface area contributed by atoms with Gasteiger partial charge >= 0.3 is 0 Å². The molecule has 0 amide bonds. The van der Waals surface area contributed by atoms with Crippen LogP contribution >= 0.6 is 0 Å². The first-order valence-corrected chi connectivity index (χ1v) is 11.5. The van der Waals surface area contributed by atoms with Crippen molar-refractivity contribution in [3.05, 3.63) is 48.5 Å². The number of piperidine rings is 1. The number of nitrogens with one attached hydrogen (secondary N) is 1. The summed E-state index contributed by atoms with van der Waals surface area (Å²) in [6.07, 6.45) is 9.63. The topological polar surface area (TPSA) is 67.2 Å². The molecule has 0 unspecified atom stereocenters. The Morgan fingerprint density at radius 2 is 1.85 bits per heavy atom. The van der Waals surface area contributed by atoms with Crippen molar-refractivity contribution in [2.45, 2.75) is 56.4 Å². The second kappa shape index (κ2) is 8.12. The summed E-state index contributed by atoms with van der Waals surface area (Å²) in [4.78, 5) is 6.74. The summed E-state index contributed by atoms with van der Waals surface area (Å²) in [6.45, 7) is 2.15. The number of hydrogen-bond donors (Lipinski definition) is 1. The largest absolute Gasteiger partial charge is 0.303 e. The number of aromatic nitrogens is 2. The first kappa shape index (κ1) is 18.7. The molecule has 1 aromatic carbocycles. The van der Waals surface area contributed by atoms with Crippen LogP contribution in [0.5, 0.6) is 0 Å². The van der Waals surface area contributed by atoms with Crippen molar-refractivity contribution < 1.29 is 8.42 Å². The third-order valence-corrected chi connectivity index (χ3v) is 7.63. The Balaban J connectivity index is 1.43. The maximum Gasteiger partial charge on any atom is 0.215 e. The molecule has 7 heteroatoms. The molecule has 1 aliphatic carbocycles. The molecule has 1 atom stereocenters. The molecule has 4 rings (SSSR count). The Labute approximate surface area is 161 Å². The molecule has 6 nitrogen and oxygen atoms in total. The molecule has 2 fully saturated rings. The van der Waals surface area contributed by atoms with Gasteiger partial charge in [-0.2, -0.15) is 0 Å². The first-order valence-electron chi connectivity index (χ1n) is 9.93. The van der Waals surface area contributed by atoms with E-state index < -0.39 is 10.0 Å². The van der Waals surface area contributed by atoms with Crippen molar-refractivity contribution in [2.24, 2.45) is 0 Å². The van der Waals surface area contributed by atoms with E-state index in [0.29, 0.717) is 13.1 Å². The van der Waals surface area contributed by atoms with Gasteiger partial charge in [-0.05, 0) is 44.4 Å². The monoisotopic (exact) mass is 388 g/mol. The minimum atomic E-state index is -3.26. The van der Waals surface area contributed by atoms with E-state index in [2.05, 4.69) is 31.3 Å². The van der Waals surface area contributed by atoms with Crippen molar-refractivity contribution in [3.8, 4) is 5.69 Å². The molecule has 0 radical (unpaired) electrons. The number of imidazole rings is 1. The predicted molar refractivity (Wildman–Crippen MR) is 106 cm³/mol. The molecule has 146 valence electrons. The quantitative estimate of drug-likeness (QED) is 0.826. The number of hydrogen-bond acceptors (Lipinski definition) is 4. The minimum Gasteiger partial charge on any atom is -0.303 e. The van der Waals surface area contributed by atoms with Crippen molar-refractivity contribution in [1.29, 1.82) is 0 Å². The number of likely N-dealkylation sites (tertiary alicyclic amines) is 1. The molecule has 27 heavy (non-hydrogen) atoms. The lowest BCUT2D eigenvalue weighted by Crippen LogP contribution is -2.48. The molecule has 1 aromatic heterocycles. The average molecular weight is 389 g/mol. The maximum atomic E-state index is 12.8. The SMILES string of the molecule is O=S(=O)(NC1CCCC1)[C@H]1CCCN(Cc2nccn2-c2ccccc2)C1. The van der Waals surface area contributed by atoms with Crippen LogP contribution in [0.25, 0.3) is 5.69 Å². The minimum absolute atomic E-state index is 0.141. The highest BCUT2D eigenvalue weighted by molar-refractivity contribution is 7.90. The van der Waals surface area contributed by atoms with Crippen LogP contribution in [0.4, 0.5) is 0 Å². The Hall–Kier alpha value is -1.70. The van der Waals surface area contributed by atoms with Crippen LogP contribution in [0.15, 0.2) is 42.7 Å². The van der Waals surface area contributed by atoms with Crippen LogP contribution in [0, 0.1) is 0 Å². The van der Waals surface area contributed by atoms with Crippen LogP contribution in [-0.4, -0.2) is 47.3 Å². The summed E-state index contributed by atoms with van der Waals surface area (Å²) in [5.41, 5.74) is 1.08. The lowest BCUT2D eigenvalue weighted by molar-refractivity contribution is 0.215. The fourth-order valence-electron chi connectivity index (χ4n) is 4.26. The van der Waals surface area contributed by atoms with Crippen LogP contribution in [0.2, 0.25) is 0 Å². The summed E-state index contributed by atoms with van der Waals surface area (Å²) in [7, 11) is -3.26. The van der Waals surface area contributed by atoms with Crippen LogP contribution in [0.1, 0.15) is 44.3 Å². The van der Waals surface area contributed by atoms with E-state index in [1.807, 2.05) is 30.6 Å². The number of nitrogens with zero attached hydrogens (tertiary/aromatic N) is 3. The van der Waals surface area contributed by atoms with Gasteiger partial charge in [-0.3, -0.25) is 4.90 Å². The van der Waals surface area contributed by atoms with Crippen LogP contribution < -0.4 is 4.72 Å². The predicted octanol–water partition coefficient (Wildman–Crippen LogP) is 2.70. The molecule has 1 saturated heterocycles. The number of benzene rings is 1. The Kier molecular flexibility index (Phi) is 5.61. The van der Waals surface area contributed by atoms with Gasteiger partial charge in [0.2, 0.25) is 10.0 Å². The van der Waals surface area contributed by atoms with Gasteiger partial charge in [0.25, 0.3) is 0 Å². The fourth-order valence-corrected chi connectivity index (χ4v) is 6.03. The zero-order chi connectivity index (χ0) is 18.7. The molecule has 0 spiro atoms. The molecule has 2 aliphatic rings. The second-order valence-corrected chi connectivity index (χ2v) is 9.69. The third kappa shape index (κ3) is 4.42. The number of sulfonamides is 1. The highest BCUT2D eigenvalue weighted by Crippen LogP contribution is 2.23. The van der Waals surface area contributed by atoms with E-state index in [1.54, 1.807) is 0 Å². The lowest BCUT2D eigenvalue weighted by Gasteiger charge is -2.32. The molecule has 1 aliphatic heterocycles. The average Bonchev–Trinajstić information content (AvgIpc) is 3.34. The van der Waals surface area contributed by atoms with Gasteiger partial charge < -0.3 is 4.57 Å². The molecule has 2 aromatic rings. The smallest absolute Gasteiger partial charge is 0.215 e. The second-order valence-electron chi connectivity index (χ2n) is 7.69. The zero-order valence-corrected chi connectivity index (χ0v) is 16.4. The van der Waals surface area contributed by atoms with Gasteiger partial charge in [-0.15, -0.1) is 0 Å². The Bertz CT molecular complexity index is 844. The molecular weight excluding hydrogens is 360 g/mol. The van der Waals surface area contributed by atoms with Crippen molar-refractivity contribution in [1.82, 2.24) is 19.2 Å². The third-order valence-electron chi connectivity index (χ3n) is 5.70. The van der Waals surface area contributed by atoms with E-state index in [0.717, 1.165) is 56.6 Å². The molecule has 0 bridgehead atoms. The summed E-state index contributed by atoms with van der Waals surface area (Å²) in [6, 6.07) is 10.3. The highest BCUT2D eigenvalue weighted by atomic mass is 32.2. The van der Waals surface area contributed by atoms with E-state index >= 15 is 0 Å². The standard InChI is InChI=1S/C20H28N4O2S/c25-27(26,22-17-7-4-5-8-17)19-11-6-13-23(15-19)16-20-21-12-14-24(20)18-9-2-1-3-10-18/h1-3,9-10,12,14,17,19,22H,4-8,11,13,15-16H2/t19-/m0/s1. The van der Waals surface area contributed by atoms with E-state index in [4.69, 9.17) is 0 Å². The molecule has 2 heterocycles. The number of rotatable bonds is 6. The summed E-state index contributed by atoms with van der Waals surface area (Å²) in [5.74, 6) is 0.947. The van der Waals surface area contributed by atoms with Gasteiger partial charge in [-0.1, -0.05) is 31.0 Å². The maximum absolute atomic E-state index is 12.8. The van der Waals surface area contributed by atoms with Crippen molar-refractivity contribution in [3.63, 3.8) is 0 Å². The normalized spacial score (nSPS) is 22.3. The van der Waals surface area contributed by atoms with E-state index in [-0.39, 0.29) is 11.3 Å². The lowest BCUT2D eigenvalue weighted by atomic mass is 10.1. The summed E-state index contributed by atoms with van der Waals surface area (Å²) < 4.78 is 30.7. The summed E-state index contributed by atoms with van der Waals surface area (Å²) in [5, 5.41) is -0.327. The van der Waals surface area contributed by atoms with Gasteiger partial charge in [0, 0.05) is 30.7 Å². The van der Waals surface area contributed by atoms with Gasteiger partial charge in [0.1, 0.15) is 5.82 Å². The Morgan fingerprint density at radius 1 is 1.07 bits per heavy atom. The molecular formula is C20H28N4O2S. The van der Waals surface area contributed by atoms with Crippen molar-refractivity contribution >= 4 is 10.0 Å². The van der Waals surface area contributed by atoms with Crippen molar-refractivity contribution in [2.75, 3.05) is 13.1 Å². The van der Waals surface area contributed by atoms with Gasteiger partial charge in [0.05, 0.1) is 11.8 Å². The van der Waals surface area contributed by atoms with Gasteiger partial charge in [0.15, 0.2) is 0 Å². The molecule has 1 saturated carbocycles. The van der Waals surface area contributed by atoms with Gasteiger partial charge in [-0.25, -0.2) is 18.1 Å². The summed E-state index contributed by atoms with van der Waals surface area (Å²) >= 11 is 0. The fraction of sp³-hybridized carbons (Fsp3) is 0.550. The van der Waals surface area contributed by atoms with Crippen LogP contribution in [-0.2, 0) is 16.6 Å². The van der Waals surface area contributed by atoms with Crippen LogP contribution in [0.3, 0.4) is 0 Å².